The van der Waals surface area contributed by atoms with Crippen LogP contribution in [0.4, 0.5) is 5.69 Å². The van der Waals surface area contributed by atoms with Gasteiger partial charge in [0.15, 0.2) is 5.75 Å². The SMILES string of the molecule is COC(=O)[C@@H](Cc1ccc(OC)c([N+](=O)[O-])c1)NC(=O)CCC(=O)N[C@H](C)c1ccccc1. The van der Waals surface area contributed by atoms with Crippen LogP contribution in [0.1, 0.15) is 36.9 Å². The number of hydrogen-bond acceptors (Lipinski definition) is 7. The van der Waals surface area contributed by atoms with Gasteiger partial charge in [0.25, 0.3) is 0 Å². The first kappa shape index (κ1) is 25.3. The zero-order valence-corrected chi connectivity index (χ0v) is 18.7. The molecule has 10 nitrogen and oxygen atoms in total. The third-order valence-corrected chi connectivity index (χ3v) is 4.96. The number of nitrogens with one attached hydrogen (secondary N) is 2. The summed E-state index contributed by atoms with van der Waals surface area (Å²) in [5.74, 6) is -1.44. The van der Waals surface area contributed by atoms with Crippen LogP contribution in [0.5, 0.6) is 5.75 Å². The van der Waals surface area contributed by atoms with Gasteiger partial charge in [-0.05, 0) is 24.1 Å². The van der Waals surface area contributed by atoms with Gasteiger partial charge in [-0.2, -0.15) is 0 Å². The van der Waals surface area contributed by atoms with Crippen molar-refractivity contribution in [1.82, 2.24) is 10.6 Å². The Morgan fingerprint density at radius 3 is 2.21 bits per heavy atom. The van der Waals surface area contributed by atoms with Crippen LogP contribution >= 0.6 is 0 Å². The van der Waals surface area contributed by atoms with E-state index in [1.807, 2.05) is 37.3 Å². The first-order chi connectivity index (χ1) is 15.7. The lowest BCUT2D eigenvalue weighted by atomic mass is 10.0. The molecular weight excluding hydrogens is 430 g/mol. The zero-order chi connectivity index (χ0) is 24.4. The van der Waals surface area contributed by atoms with Gasteiger partial charge in [0, 0.05) is 25.3 Å². The Morgan fingerprint density at radius 1 is 1.00 bits per heavy atom. The highest BCUT2D eigenvalue weighted by Crippen LogP contribution is 2.28. The largest absolute Gasteiger partial charge is 0.490 e. The maximum Gasteiger partial charge on any atom is 0.328 e. The smallest absolute Gasteiger partial charge is 0.328 e. The number of ether oxygens (including phenoxy) is 2. The quantitative estimate of drug-likeness (QED) is 0.300. The summed E-state index contributed by atoms with van der Waals surface area (Å²) in [5, 5.41) is 16.6. The van der Waals surface area contributed by atoms with Crippen molar-refractivity contribution in [2.24, 2.45) is 0 Å². The molecule has 0 unspecified atom stereocenters. The fourth-order valence-corrected chi connectivity index (χ4v) is 3.21. The van der Waals surface area contributed by atoms with E-state index in [-0.39, 0.29) is 42.6 Å². The number of esters is 1. The van der Waals surface area contributed by atoms with Crippen LogP contribution < -0.4 is 15.4 Å². The van der Waals surface area contributed by atoms with E-state index >= 15 is 0 Å². The summed E-state index contributed by atoms with van der Waals surface area (Å²) in [6, 6.07) is 12.4. The standard InChI is InChI=1S/C23H27N3O7/c1-15(17-7-5-4-6-8-17)24-21(27)11-12-22(28)25-18(23(29)33-3)13-16-9-10-20(32-2)19(14-16)26(30)31/h4-10,14-15,18H,11-13H2,1-3H3,(H,24,27)(H,25,28)/t15-,18-/m1/s1. The highest BCUT2D eigenvalue weighted by Gasteiger charge is 2.24. The van der Waals surface area contributed by atoms with E-state index in [2.05, 4.69) is 10.6 Å². The van der Waals surface area contributed by atoms with Crippen molar-refractivity contribution < 1.29 is 28.8 Å². The summed E-state index contributed by atoms with van der Waals surface area (Å²) >= 11 is 0. The molecule has 0 aromatic heterocycles. The van der Waals surface area contributed by atoms with Crippen molar-refractivity contribution in [3.05, 3.63) is 69.8 Å². The highest BCUT2D eigenvalue weighted by atomic mass is 16.6. The zero-order valence-electron chi connectivity index (χ0n) is 18.7. The van der Waals surface area contributed by atoms with Gasteiger partial charge in [-0.3, -0.25) is 19.7 Å². The molecule has 0 aliphatic rings. The van der Waals surface area contributed by atoms with E-state index in [1.54, 1.807) is 6.07 Å². The van der Waals surface area contributed by atoms with Crippen LogP contribution in [0.25, 0.3) is 0 Å². The third kappa shape index (κ3) is 7.60. The minimum Gasteiger partial charge on any atom is -0.490 e. The number of rotatable bonds is 11. The number of carbonyl (C=O) groups excluding carboxylic acids is 3. The molecule has 33 heavy (non-hydrogen) atoms. The monoisotopic (exact) mass is 457 g/mol. The van der Waals surface area contributed by atoms with Gasteiger partial charge in [0.1, 0.15) is 6.04 Å². The fraction of sp³-hybridized carbons (Fsp3) is 0.348. The Kier molecular flexibility index (Phi) is 9.34. The van der Waals surface area contributed by atoms with Crippen LogP contribution in [0.15, 0.2) is 48.5 Å². The average Bonchev–Trinajstić information content (AvgIpc) is 2.82. The lowest BCUT2D eigenvalue weighted by Crippen LogP contribution is -2.43. The molecule has 2 aromatic rings. The predicted molar refractivity (Wildman–Crippen MR) is 120 cm³/mol. The van der Waals surface area contributed by atoms with Gasteiger partial charge in [-0.15, -0.1) is 0 Å². The van der Waals surface area contributed by atoms with Crippen LogP contribution in [0.3, 0.4) is 0 Å². The van der Waals surface area contributed by atoms with Gasteiger partial charge in [-0.25, -0.2) is 4.79 Å². The third-order valence-electron chi connectivity index (χ3n) is 4.96. The molecule has 2 rings (SSSR count). The average molecular weight is 457 g/mol. The molecule has 176 valence electrons. The number of benzene rings is 2. The molecule has 0 aliphatic carbocycles. The maximum atomic E-state index is 12.4. The lowest BCUT2D eigenvalue weighted by Gasteiger charge is -2.17. The summed E-state index contributed by atoms with van der Waals surface area (Å²) in [4.78, 5) is 47.4. The first-order valence-electron chi connectivity index (χ1n) is 10.3. The summed E-state index contributed by atoms with van der Waals surface area (Å²) in [6.45, 7) is 1.84. The molecule has 2 amide bonds. The normalized spacial score (nSPS) is 12.2. The summed E-state index contributed by atoms with van der Waals surface area (Å²) in [5.41, 5.74) is 1.12. The Labute approximate surface area is 191 Å². The second kappa shape index (κ2) is 12.2. The van der Waals surface area contributed by atoms with Crippen molar-refractivity contribution in [3.8, 4) is 5.75 Å². The van der Waals surface area contributed by atoms with E-state index in [9.17, 15) is 24.5 Å². The van der Waals surface area contributed by atoms with Crippen LogP contribution in [-0.4, -0.2) is 43.0 Å². The number of nitro groups is 1. The first-order valence-corrected chi connectivity index (χ1v) is 10.3. The maximum absolute atomic E-state index is 12.4. The van der Waals surface area contributed by atoms with Crippen molar-refractivity contribution in [2.75, 3.05) is 14.2 Å². The van der Waals surface area contributed by atoms with Crippen molar-refractivity contribution in [3.63, 3.8) is 0 Å². The molecule has 10 heteroatoms. The highest BCUT2D eigenvalue weighted by molar-refractivity contribution is 5.87. The summed E-state index contributed by atoms with van der Waals surface area (Å²) in [6.07, 6.45) is -0.227. The molecule has 0 radical (unpaired) electrons. The molecule has 0 fully saturated rings. The van der Waals surface area contributed by atoms with E-state index < -0.39 is 22.8 Å². The van der Waals surface area contributed by atoms with Crippen LogP contribution in [-0.2, 0) is 25.5 Å². The Hall–Kier alpha value is -3.95. The van der Waals surface area contributed by atoms with Crippen LogP contribution in [0.2, 0.25) is 0 Å². The van der Waals surface area contributed by atoms with Gasteiger partial charge < -0.3 is 20.1 Å². The molecule has 0 bridgehead atoms. The Bertz CT molecular complexity index is 995. The molecule has 0 saturated heterocycles. The van der Waals surface area contributed by atoms with E-state index in [0.717, 1.165) is 5.56 Å². The molecule has 2 N–H and O–H groups in total. The molecule has 2 aromatic carbocycles. The predicted octanol–water partition coefficient (Wildman–Crippen LogP) is 2.46. The van der Waals surface area contributed by atoms with Crippen molar-refractivity contribution in [1.29, 1.82) is 0 Å². The minimum absolute atomic E-state index is 0.0273. The summed E-state index contributed by atoms with van der Waals surface area (Å²) in [7, 11) is 2.49. The van der Waals surface area contributed by atoms with Gasteiger partial charge >= 0.3 is 11.7 Å². The lowest BCUT2D eigenvalue weighted by molar-refractivity contribution is -0.385. The van der Waals surface area contributed by atoms with Gasteiger partial charge in [-0.1, -0.05) is 36.4 Å². The number of amides is 2. The number of nitrogens with zero attached hydrogens (tertiary/aromatic N) is 1. The fourth-order valence-electron chi connectivity index (χ4n) is 3.21. The topological polar surface area (TPSA) is 137 Å². The second-order valence-electron chi connectivity index (χ2n) is 7.31. The molecule has 0 aliphatic heterocycles. The number of nitro benzene ring substituents is 1. The molecule has 0 spiro atoms. The number of hydrogen-bond donors (Lipinski definition) is 2. The van der Waals surface area contributed by atoms with Gasteiger partial charge in [0.05, 0.1) is 25.2 Å². The van der Waals surface area contributed by atoms with E-state index in [4.69, 9.17) is 9.47 Å². The minimum atomic E-state index is -1.07. The second-order valence-corrected chi connectivity index (χ2v) is 7.31. The molecule has 0 saturated carbocycles. The van der Waals surface area contributed by atoms with E-state index in [0.29, 0.717) is 5.56 Å². The number of carbonyl (C=O) groups is 3. The van der Waals surface area contributed by atoms with Crippen molar-refractivity contribution in [2.45, 2.75) is 38.3 Å². The van der Waals surface area contributed by atoms with E-state index in [1.165, 1.54) is 26.4 Å². The van der Waals surface area contributed by atoms with Gasteiger partial charge in [0.2, 0.25) is 11.8 Å². The molecular formula is C23H27N3O7. The van der Waals surface area contributed by atoms with Crippen LogP contribution in [0, 0.1) is 10.1 Å². The molecule has 0 heterocycles. The summed E-state index contributed by atoms with van der Waals surface area (Å²) < 4.78 is 9.71. The Balaban J connectivity index is 1.96. The Morgan fingerprint density at radius 2 is 1.64 bits per heavy atom. The van der Waals surface area contributed by atoms with Crippen molar-refractivity contribution >= 4 is 23.5 Å². The number of methoxy groups -OCH3 is 2. The molecule has 2 atom stereocenters.